The van der Waals surface area contributed by atoms with E-state index in [2.05, 4.69) is 36.4 Å². The minimum atomic E-state index is -0.890. The Kier molecular flexibility index (Phi) is 4.70. The number of hydrogen-bond donors (Lipinski definition) is 0. The number of nitrogens with zero attached hydrogens (tertiary/aromatic N) is 1. The van der Waals surface area contributed by atoms with Crippen LogP contribution in [0.4, 0.5) is 4.79 Å². The SMILES string of the molecule is CCOC(=O)N1C=CC2C=CC1C1(C)C(=O)C(C)=C(c3ccccc3)C21c1ccccc1. The molecule has 2 aliphatic carbocycles. The average Bonchev–Trinajstić information content (AvgIpc) is 2.99. The standard InChI is InChI=1S/C28H27NO3/c1-4-32-26(31)29-18-17-22-15-16-23(29)27(3)25(30)19(2)24(20-11-7-5-8-12-20)28(22,27)21-13-9-6-10-14-21/h5-18,22-23H,4H2,1-3H3. The van der Waals surface area contributed by atoms with Gasteiger partial charge in [-0.3, -0.25) is 9.69 Å². The lowest BCUT2D eigenvalue weighted by atomic mass is 9.49. The molecule has 0 aromatic heterocycles. The second-order valence-electron chi connectivity index (χ2n) is 8.87. The lowest BCUT2D eigenvalue weighted by Gasteiger charge is -2.53. The highest BCUT2D eigenvalue weighted by atomic mass is 16.6. The van der Waals surface area contributed by atoms with Gasteiger partial charge in [0, 0.05) is 17.5 Å². The third-order valence-electron chi connectivity index (χ3n) is 7.52. The number of Topliss-reactive ketones (excluding diaryl/α,β-unsaturated/α-hetero) is 1. The van der Waals surface area contributed by atoms with Gasteiger partial charge in [-0.2, -0.15) is 0 Å². The number of carbonyl (C=O) groups excluding carboxylic acids is 2. The molecule has 6 rings (SSSR count). The number of benzene rings is 2. The Morgan fingerprint density at radius 3 is 2.31 bits per heavy atom. The Hall–Kier alpha value is -3.40. The molecule has 4 atom stereocenters. The van der Waals surface area contributed by atoms with Crippen LogP contribution in [0.5, 0.6) is 0 Å². The summed E-state index contributed by atoms with van der Waals surface area (Å²) in [7, 11) is 0. The van der Waals surface area contributed by atoms with Crippen molar-refractivity contribution in [1.29, 1.82) is 0 Å². The highest BCUT2D eigenvalue weighted by Crippen LogP contribution is 2.67. The van der Waals surface area contributed by atoms with Gasteiger partial charge in [-0.25, -0.2) is 4.79 Å². The van der Waals surface area contributed by atoms with E-state index in [4.69, 9.17) is 4.74 Å². The maximum atomic E-state index is 14.2. The maximum Gasteiger partial charge on any atom is 0.414 e. The van der Waals surface area contributed by atoms with Gasteiger partial charge in [-0.05, 0) is 43.0 Å². The van der Waals surface area contributed by atoms with Crippen LogP contribution in [0.2, 0.25) is 0 Å². The Morgan fingerprint density at radius 1 is 1.00 bits per heavy atom. The smallest absolute Gasteiger partial charge is 0.414 e. The van der Waals surface area contributed by atoms with Crippen molar-refractivity contribution in [3.8, 4) is 0 Å². The molecule has 1 amide bonds. The molecule has 4 heteroatoms. The number of ketones is 1. The van der Waals surface area contributed by atoms with Crippen molar-refractivity contribution in [2.75, 3.05) is 6.61 Å². The van der Waals surface area contributed by atoms with Gasteiger partial charge >= 0.3 is 6.09 Å². The van der Waals surface area contributed by atoms with E-state index in [9.17, 15) is 9.59 Å². The zero-order chi connectivity index (χ0) is 22.5. The van der Waals surface area contributed by atoms with Gasteiger partial charge in [0.15, 0.2) is 5.78 Å². The summed E-state index contributed by atoms with van der Waals surface area (Å²) in [5.74, 6) is -0.0141. The molecule has 32 heavy (non-hydrogen) atoms. The van der Waals surface area contributed by atoms with Crippen LogP contribution in [-0.2, 0) is 14.9 Å². The summed E-state index contributed by atoms with van der Waals surface area (Å²) in [5.41, 5.74) is 2.41. The monoisotopic (exact) mass is 425 g/mol. The van der Waals surface area contributed by atoms with Crippen LogP contribution in [0.3, 0.4) is 0 Å². The molecular formula is C28H27NO3. The Morgan fingerprint density at radius 2 is 1.66 bits per heavy atom. The first kappa shape index (κ1) is 20.5. The molecule has 162 valence electrons. The highest BCUT2D eigenvalue weighted by Gasteiger charge is 2.69. The number of carbonyl (C=O) groups is 2. The molecule has 2 heterocycles. The fourth-order valence-corrected chi connectivity index (χ4v) is 6.30. The highest BCUT2D eigenvalue weighted by molar-refractivity contribution is 6.15. The summed E-state index contributed by atoms with van der Waals surface area (Å²) in [5, 5.41) is 0. The number of fused-ring (bicyclic) bond motifs is 1. The number of rotatable bonds is 3. The van der Waals surface area contributed by atoms with Crippen LogP contribution in [-0.4, -0.2) is 29.4 Å². The lowest BCUT2D eigenvalue weighted by molar-refractivity contribution is -0.128. The van der Waals surface area contributed by atoms with E-state index in [1.54, 1.807) is 11.8 Å². The minimum Gasteiger partial charge on any atom is -0.449 e. The normalized spacial score (nSPS) is 30.5. The van der Waals surface area contributed by atoms with Crippen molar-refractivity contribution in [3.63, 3.8) is 0 Å². The number of ether oxygens (including phenoxy) is 1. The Balaban J connectivity index is 1.84. The van der Waals surface area contributed by atoms with Crippen LogP contribution < -0.4 is 0 Å². The first-order chi connectivity index (χ1) is 15.5. The van der Waals surface area contributed by atoms with Crippen LogP contribution in [0, 0.1) is 11.3 Å². The maximum absolute atomic E-state index is 14.2. The van der Waals surface area contributed by atoms with E-state index in [1.807, 2.05) is 62.5 Å². The van der Waals surface area contributed by atoms with Crippen LogP contribution >= 0.6 is 0 Å². The van der Waals surface area contributed by atoms with Crippen LogP contribution in [0.1, 0.15) is 31.9 Å². The van der Waals surface area contributed by atoms with Gasteiger partial charge in [-0.1, -0.05) is 78.9 Å². The molecule has 2 aromatic carbocycles. The number of allylic oxidation sites excluding steroid dienone is 4. The largest absolute Gasteiger partial charge is 0.449 e. The van der Waals surface area contributed by atoms with Crippen molar-refractivity contribution in [1.82, 2.24) is 4.90 Å². The molecule has 4 nitrogen and oxygen atoms in total. The molecule has 0 saturated carbocycles. The van der Waals surface area contributed by atoms with Gasteiger partial charge in [-0.15, -0.1) is 0 Å². The molecule has 4 unspecified atom stereocenters. The molecule has 0 N–H and O–H groups in total. The van der Waals surface area contributed by atoms with Crippen LogP contribution in [0.25, 0.3) is 5.57 Å². The average molecular weight is 426 g/mol. The second-order valence-corrected chi connectivity index (χ2v) is 8.87. The molecule has 0 saturated heterocycles. The molecule has 0 radical (unpaired) electrons. The van der Waals surface area contributed by atoms with Gasteiger partial charge in [0.2, 0.25) is 0 Å². The molecule has 0 fully saturated rings. The summed E-state index contributed by atoms with van der Waals surface area (Å²) < 4.78 is 5.37. The van der Waals surface area contributed by atoms with Crippen molar-refractivity contribution >= 4 is 17.4 Å². The molecular weight excluding hydrogens is 398 g/mol. The summed E-state index contributed by atoms with van der Waals surface area (Å²) in [4.78, 5) is 28.7. The number of amides is 1. The third-order valence-corrected chi connectivity index (χ3v) is 7.52. The first-order valence-corrected chi connectivity index (χ1v) is 11.2. The summed E-state index contributed by atoms with van der Waals surface area (Å²) in [6.45, 7) is 6.04. The first-order valence-electron chi connectivity index (χ1n) is 11.2. The zero-order valence-corrected chi connectivity index (χ0v) is 18.6. The zero-order valence-electron chi connectivity index (χ0n) is 18.6. The van der Waals surface area contributed by atoms with Crippen molar-refractivity contribution < 1.29 is 14.3 Å². The van der Waals surface area contributed by atoms with Gasteiger partial charge in [0.05, 0.1) is 18.1 Å². The molecule has 2 bridgehead atoms. The molecule has 2 aliphatic heterocycles. The molecule has 4 aliphatic rings. The third kappa shape index (κ3) is 2.44. The summed E-state index contributed by atoms with van der Waals surface area (Å²) >= 11 is 0. The van der Waals surface area contributed by atoms with E-state index in [-0.39, 0.29) is 18.3 Å². The Labute approximate surface area is 188 Å². The minimum absolute atomic E-state index is 0.0811. The fraction of sp³-hybridized carbons (Fsp3) is 0.286. The Bertz CT molecular complexity index is 1160. The van der Waals surface area contributed by atoms with E-state index >= 15 is 0 Å². The van der Waals surface area contributed by atoms with Crippen molar-refractivity contribution in [3.05, 3.63) is 102 Å². The number of hydrogen-bond acceptors (Lipinski definition) is 3. The predicted octanol–water partition coefficient (Wildman–Crippen LogP) is 5.53. The van der Waals surface area contributed by atoms with E-state index < -0.39 is 23.0 Å². The molecule has 2 aromatic rings. The van der Waals surface area contributed by atoms with Gasteiger partial charge < -0.3 is 4.74 Å². The molecule has 0 spiro atoms. The van der Waals surface area contributed by atoms with Crippen LogP contribution in [0.15, 0.2) is 90.7 Å². The predicted molar refractivity (Wildman–Crippen MR) is 125 cm³/mol. The topological polar surface area (TPSA) is 46.6 Å². The van der Waals surface area contributed by atoms with Crippen molar-refractivity contribution in [2.45, 2.75) is 32.2 Å². The van der Waals surface area contributed by atoms with Crippen molar-refractivity contribution in [2.24, 2.45) is 11.3 Å². The van der Waals surface area contributed by atoms with E-state index in [0.29, 0.717) is 0 Å². The van der Waals surface area contributed by atoms with E-state index in [1.165, 1.54) is 0 Å². The second kappa shape index (κ2) is 7.33. The summed E-state index contributed by atoms with van der Waals surface area (Å²) in [6.07, 6.45) is 7.61. The van der Waals surface area contributed by atoms with E-state index in [0.717, 1.165) is 22.3 Å². The lowest BCUT2D eigenvalue weighted by Crippen LogP contribution is -2.60. The van der Waals surface area contributed by atoms with Gasteiger partial charge in [0.1, 0.15) is 0 Å². The quantitative estimate of drug-likeness (QED) is 0.608. The fourth-order valence-electron chi connectivity index (χ4n) is 6.30. The van der Waals surface area contributed by atoms with Gasteiger partial charge in [0.25, 0.3) is 0 Å². The summed E-state index contributed by atoms with van der Waals surface area (Å²) in [6, 6.07) is 20.0.